The fourth-order valence-corrected chi connectivity index (χ4v) is 2.19. The number of rotatable bonds is 15. The minimum absolute atomic E-state index is 0.0216. The van der Waals surface area contributed by atoms with Crippen LogP contribution in [0.15, 0.2) is 24.3 Å². The maximum Gasteiger partial charge on any atom is 0.220 e. The quantitative estimate of drug-likeness (QED) is 0.345. The van der Waals surface area contributed by atoms with Crippen molar-refractivity contribution in [1.82, 2.24) is 5.32 Å². The maximum atomic E-state index is 11.3. The molecule has 0 fully saturated rings. The first-order chi connectivity index (χ1) is 10.8. The number of nitrogens with one attached hydrogen (secondary N) is 1. The Morgan fingerprint density at radius 3 is 2.23 bits per heavy atom. The summed E-state index contributed by atoms with van der Waals surface area (Å²) in [7, 11) is 0. The van der Waals surface area contributed by atoms with Crippen molar-refractivity contribution in [3.8, 4) is 0 Å². The van der Waals surface area contributed by atoms with E-state index >= 15 is 0 Å². The number of unbranched alkanes of at least 4 members (excludes halogenated alkanes) is 7. The second-order valence-corrected chi connectivity index (χ2v) is 5.70. The molecule has 0 unspecified atom stereocenters. The van der Waals surface area contributed by atoms with Crippen LogP contribution >= 0.6 is 0 Å². The predicted octanol–water partition coefficient (Wildman–Crippen LogP) is 4.52. The second kappa shape index (κ2) is 18.0. The largest absolute Gasteiger partial charge is 0.395 e. The highest BCUT2D eigenvalue weighted by molar-refractivity contribution is 5.75. The first kappa shape index (κ1) is 20.9. The summed E-state index contributed by atoms with van der Waals surface area (Å²) in [4.78, 5) is 11.3. The average molecular weight is 309 g/mol. The Hall–Kier alpha value is -1.09. The Balaban J connectivity index is 3.22. The Kier molecular flexibility index (Phi) is 17.1. The van der Waals surface area contributed by atoms with Crippen molar-refractivity contribution in [1.29, 1.82) is 0 Å². The van der Waals surface area contributed by atoms with Gasteiger partial charge in [0.25, 0.3) is 0 Å². The number of allylic oxidation sites excluding steroid dienone is 4. The molecule has 0 saturated heterocycles. The highest BCUT2D eigenvalue weighted by Gasteiger charge is 1.99. The third kappa shape index (κ3) is 17.0. The molecule has 0 spiro atoms. The van der Waals surface area contributed by atoms with E-state index in [-0.39, 0.29) is 12.5 Å². The molecule has 0 rings (SSSR count). The van der Waals surface area contributed by atoms with Gasteiger partial charge in [0.05, 0.1) is 6.61 Å². The van der Waals surface area contributed by atoms with Crippen LogP contribution in [0.2, 0.25) is 0 Å². The van der Waals surface area contributed by atoms with Gasteiger partial charge in [-0.05, 0) is 32.1 Å². The van der Waals surface area contributed by atoms with Crippen LogP contribution in [0, 0.1) is 0 Å². The summed E-state index contributed by atoms with van der Waals surface area (Å²) in [5.74, 6) is 0.0592. The van der Waals surface area contributed by atoms with Crippen LogP contribution in [0.4, 0.5) is 0 Å². The molecule has 0 aliphatic rings. The summed E-state index contributed by atoms with van der Waals surface area (Å²) in [6, 6.07) is 0. The van der Waals surface area contributed by atoms with Gasteiger partial charge in [0.1, 0.15) is 0 Å². The number of aliphatic hydroxyl groups excluding tert-OH is 1. The molecule has 3 heteroatoms. The zero-order valence-corrected chi connectivity index (χ0v) is 14.4. The van der Waals surface area contributed by atoms with Gasteiger partial charge in [0, 0.05) is 13.0 Å². The fourth-order valence-electron chi connectivity index (χ4n) is 2.19. The third-order valence-corrected chi connectivity index (χ3v) is 3.54. The van der Waals surface area contributed by atoms with Crippen molar-refractivity contribution in [3.63, 3.8) is 0 Å². The molecule has 2 N–H and O–H groups in total. The van der Waals surface area contributed by atoms with Crippen LogP contribution in [0.1, 0.15) is 77.6 Å². The SMILES string of the molecule is CCCC/C=C\C/C=C\CCCCCCCC(=O)NCCO. The molecule has 0 bridgehead atoms. The van der Waals surface area contributed by atoms with Crippen molar-refractivity contribution in [2.45, 2.75) is 77.6 Å². The Labute approximate surface area is 136 Å². The molecule has 0 aliphatic heterocycles. The topological polar surface area (TPSA) is 49.3 Å². The summed E-state index contributed by atoms with van der Waals surface area (Å²) >= 11 is 0. The number of aliphatic hydroxyl groups is 1. The van der Waals surface area contributed by atoms with Gasteiger partial charge < -0.3 is 10.4 Å². The molecular formula is C19H35NO2. The molecule has 0 aromatic carbocycles. The van der Waals surface area contributed by atoms with Crippen LogP contribution in [0.25, 0.3) is 0 Å². The molecule has 0 radical (unpaired) electrons. The van der Waals surface area contributed by atoms with Crippen molar-refractivity contribution >= 4 is 5.91 Å². The lowest BCUT2D eigenvalue weighted by Gasteiger charge is -2.03. The van der Waals surface area contributed by atoms with Gasteiger partial charge in [-0.15, -0.1) is 0 Å². The van der Waals surface area contributed by atoms with Crippen LogP contribution in [-0.4, -0.2) is 24.2 Å². The molecule has 1 amide bonds. The number of carbonyl (C=O) groups is 1. The van der Waals surface area contributed by atoms with Gasteiger partial charge in [0.15, 0.2) is 0 Å². The molecule has 3 nitrogen and oxygen atoms in total. The van der Waals surface area contributed by atoms with Crippen LogP contribution in [-0.2, 0) is 4.79 Å². The average Bonchev–Trinajstić information content (AvgIpc) is 2.53. The van der Waals surface area contributed by atoms with Gasteiger partial charge in [-0.1, -0.05) is 63.3 Å². The summed E-state index contributed by atoms with van der Waals surface area (Å²) in [6.45, 7) is 2.62. The van der Waals surface area contributed by atoms with E-state index < -0.39 is 0 Å². The Bertz CT molecular complexity index is 298. The molecule has 22 heavy (non-hydrogen) atoms. The van der Waals surface area contributed by atoms with E-state index in [0.29, 0.717) is 13.0 Å². The number of carbonyl (C=O) groups excluding carboxylic acids is 1. The molecule has 0 aromatic heterocycles. The minimum atomic E-state index is 0.0216. The molecule has 0 aromatic rings. The summed E-state index contributed by atoms with van der Waals surface area (Å²) in [5.41, 5.74) is 0. The first-order valence-corrected chi connectivity index (χ1v) is 8.98. The number of hydrogen-bond donors (Lipinski definition) is 2. The van der Waals surface area contributed by atoms with Gasteiger partial charge >= 0.3 is 0 Å². The van der Waals surface area contributed by atoms with E-state index in [1.807, 2.05) is 0 Å². The summed E-state index contributed by atoms with van der Waals surface area (Å²) in [6.07, 6.45) is 21.4. The highest BCUT2D eigenvalue weighted by atomic mass is 16.3. The standard InChI is InChI=1S/C19H35NO2/c1-2-3-4-5-6-7-8-9-10-11-12-13-14-15-16-19(22)20-17-18-21/h5-6,8-9,21H,2-4,7,10-18H2,1H3,(H,20,22)/b6-5-,9-8-. The second-order valence-electron chi connectivity index (χ2n) is 5.70. The lowest BCUT2D eigenvalue weighted by atomic mass is 10.1. The van der Waals surface area contributed by atoms with E-state index in [1.54, 1.807) is 0 Å². The normalized spacial score (nSPS) is 11.5. The fraction of sp³-hybridized carbons (Fsp3) is 0.737. The third-order valence-electron chi connectivity index (χ3n) is 3.54. The van der Waals surface area contributed by atoms with Crippen molar-refractivity contribution < 1.29 is 9.90 Å². The van der Waals surface area contributed by atoms with Crippen LogP contribution < -0.4 is 5.32 Å². The maximum absolute atomic E-state index is 11.3. The molecule has 128 valence electrons. The van der Waals surface area contributed by atoms with Crippen molar-refractivity contribution in [2.24, 2.45) is 0 Å². The first-order valence-electron chi connectivity index (χ1n) is 8.98. The molecule has 0 atom stereocenters. The molecular weight excluding hydrogens is 274 g/mol. The monoisotopic (exact) mass is 309 g/mol. The van der Waals surface area contributed by atoms with Crippen LogP contribution in [0.5, 0.6) is 0 Å². The lowest BCUT2D eigenvalue weighted by Crippen LogP contribution is -2.25. The molecule has 0 saturated carbocycles. The number of amides is 1. The van der Waals surface area contributed by atoms with Crippen molar-refractivity contribution in [3.05, 3.63) is 24.3 Å². The molecule has 0 heterocycles. The van der Waals surface area contributed by atoms with E-state index in [4.69, 9.17) is 5.11 Å². The van der Waals surface area contributed by atoms with Crippen LogP contribution in [0.3, 0.4) is 0 Å². The van der Waals surface area contributed by atoms with Gasteiger partial charge in [-0.2, -0.15) is 0 Å². The Morgan fingerprint density at radius 1 is 0.909 bits per heavy atom. The zero-order valence-electron chi connectivity index (χ0n) is 14.4. The van der Waals surface area contributed by atoms with E-state index in [0.717, 1.165) is 19.3 Å². The van der Waals surface area contributed by atoms with Crippen molar-refractivity contribution in [2.75, 3.05) is 13.2 Å². The van der Waals surface area contributed by atoms with Gasteiger partial charge in [-0.25, -0.2) is 0 Å². The predicted molar refractivity (Wildman–Crippen MR) is 94.8 cm³/mol. The highest BCUT2D eigenvalue weighted by Crippen LogP contribution is 2.08. The summed E-state index contributed by atoms with van der Waals surface area (Å²) in [5, 5.41) is 11.3. The number of hydrogen-bond acceptors (Lipinski definition) is 2. The molecule has 0 aliphatic carbocycles. The van der Waals surface area contributed by atoms with E-state index in [9.17, 15) is 4.79 Å². The smallest absolute Gasteiger partial charge is 0.220 e. The minimum Gasteiger partial charge on any atom is -0.395 e. The van der Waals surface area contributed by atoms with E-state index in [2.05, 4.69) is 36.5 Å². The van der Waals surface area contributed by atoms with E-state index in [1.165, 1.54) is 44.9 Å². The van der Waals surface area contributed by atoms with Gasteiger partial charge in [-0.3, -0.25) is 4.79 Å². The van der Waals surface area contributed by atoms with Gasteiger partial charge in [0.2, 0.25) is 5.91 Å². The Morgan fingerprint density at radius 2 is 1.55 bits per heavy atom. The lowest BCUT2D eigenvalue weighted by molar-refractivity contribution is -0.121. The summed E-state index contributed by atoms with van der Waals surface area (Å²) < 4.78 is 0. The zero-order chi connectivity index (χ0) is 16.3.